The standard InChI is InChI=1S/C8H8ClNOS/c9-3-7(11)6-4-12-8(10-6)5-1-2-5/h4-5H,1-3H2. The molecule has 0 unspecified atom stereocenters. The zero-order chi connectivity index (χ0) is 8.55. The third kappa shape index (κ3) is 1.52. The fraction of sp³-hybridized carbons (Fsp3) is 0.500. The molecular formula is C8H8ClNOS. The van der Waals surface area contributed by atoms with Crippen LogP contribution in [0.4, 0.5) is 0 Å². The summed E-state index contributed by atoms with van der Waals surface area (Å²) in [6.07, 6.45) is 2.45. The van der Waals surface area contributed by atoms with E-state index in [0.29, 0.717) is 11.6 Å². The van der Waals surface area contributed by atoms with Gasteiger partial charge in [-0.2, -0.15) is 0 Å². The lowest BCUT2D eigenvalue weighted by Crippen LogP contribution is -2.00. The molecule has 0 bridgehead atoms. The number of carbonyl (C=O) groups excluding carboxylic acids is 1. The van der Waals surface area contributed by atoms with Crippen LogP contribution in [-0.4, -0.2) is 16.6 Å². The highest BCUT2D eigenvalue weighted by atomic mass is 35.5. The molecule has 1 saturated carbocycles. The number of alkyl halides is 1. The Balaban J connectivity index is 2.17. The van der Waals surface area contributed by atoms with E-state index in [-0.39, 0.29) is 11.7 Å². The second kappa shape index (κ2) is 3.15. The van der Waals surface area contributed by atoms with Gasteiger partial charge in [0.1, 0.15) is 5.69 Å². The number of hydrogen-bond acceptors (Lipinski definition) is 3. The summed E-state index contributed by atoms with van der Waals surface area (Å²) in [5, 5.41) is 2.90. The largest absolute Gasteiger partial charge is 0.291 e. The lowest BCUT2D eigenvalue weighted by atomic mass is 10.3. The summed E-state index contributed by atoms with van der Waals surface area (Å²) in [5.41, 5.74) is 0.539. The number of thiazole rings is 1. The maximum Gasteiger partial charge on any atom is 0.196 e. The molecule has 12 heavy (non-hydrogen) atoms. The molecule has 1 aromatic rings. The van der Waals surface area contributed by atoms with E-state index < -0.39 is 0 Å². The Kier molecular flexibility index (Phi) is 2.15. The normalized spacial score (nSPS) is 16.4. The van der Waals surface area contributed by atoms with Crippen LogP contribution in [0.5, 0.6) is 0 Å². The van der Waals surface area contributed by atoms with Crippen molar-refractivity contribution in [3.8, 4) is 0 Å². The van der Waals surface area contributed by atoms with Crippen molar-refractivity contribution in [3.05, 3.63) is 16.1 Å². The smallest absolute Gasteiger partial charge is 0.196 e. The average Bonchev–Trinajstić information content (AvgIpc) is 2.83. The lowest BCUT2D eigenvalue weighted by molar-refractivity contribution is 0.101. The monoisotopic (exact) mass is 201 g/mol. The predicted molar refractivity (Wildman–Crippen MR) is 49.1 cm³/mol. The van der Waals surface area contributed by atoms with Gasteiger partial charge in [0.2, 0.25) is 0 Å². The summed E-state index contributed by atoms with van der Waals surface area (Å²) in [4.78, 5) is 15.3. The summed E-state index contributed by atoms with van der Waals surface area (Å²) in [6, 6.07) is 0. The van der Waals surface area contributed by atoms with Gasteiger partial charge in [-0.25, -0.2) is 4.98 Å². The molecule has 0 N–H and O–H groups in total. The van der Waals surface area contributed by atoms with Crippen molar-refractivity contribution in [2.75, 3.05) is 5.88 Å². The van der Waals surface area contributed by atoms with E-state index in [2.05, 4.69) is 4.98 Å². The highest BCUT2D eigenvalue weighted by Gasteiger charge is 2.27. The topological polar surface area (TPSA) is 30.0 Å². The molecule has 1 aliphatic carbocycles. The van der Waals surface area contributed by atoms with Crippen molar-refractivity contribution in [3.63, 3.8) is 0 Å². The van der Waals surface area contributed by atoms with Gasteiger partial charge >= 0.3 is 0 Å². The molecule has 2 rings (SSSR count). The Morgan fingerprint density at radius 3 is 3.08 bits per heavy atom. The van der Waals surface area contributed by atoms with E-state index in [0.717, 1.165) is 5.01 Å². The van der Waals surface area contributed by atoms with E-state index in [1.54, 1.807) is 16.7 Å². The molecule has 0 spiro atoms. The Bertz CT molecular complexity index is 306. The third-order valence-corrected chi connectivity index (χ3v) is 3.11. The summed E-state index contributed by atoms with van der Waals surface area (Å²) in [5.74, 6) is 0.597. The molecule has 1 heterocycles. The molecular weight excluding hydrogens is 194 g/mol. The number of ketones is 1. The second-order valence-corrected chi connectivity index (χ2v) is 4.06. The van der Waals surface area contributed by atoms with Gasteiger partial charge in [0, 0.05) is 11.3 Å². The molecule has 0 radical (unpaired) electrons. The van der Waals surface area contributed by atoms with E-state index in [4.69, 9.17) is 11.6 Å². The molecule has 1 fully saturated rings. The fourth-order valence-electron chi connectivity index (χ4n) is 1.00. The van der Waals surface area contributed by atoms with E-state index >= 15 is 0 Å². The fourth-order valence-corrected chi connectivity index (χ4v) is 2.13. The second-order valence-electron chi connectivity index (χ2n) is 2.90. The number of aromatic nitrogens is 1. The van der Waals surface area contributed by atoms with Crippen LogP contribution in [0.25, 0.3) is 0 Å². The summed E-state index contributed by atoms with van der Waals surface area (Å²) in [7, 11) is 0. The summed E-state index contributed by atoms with van der Waals surface area (Å²) in [6.45, 7) is 0. The average molecular weight is 202 g/mol. The van der Waals surface area contributed by atoms with Gasteiger partial charge < -0.3 is 0 Å². The first-order valence-corrected chi connectivity index (χ1v) is 5.27. The molecule has 0 amide bonds. The predicted octanol–water partition coefficient (Wildman–Crippen LogP) is 2.44. The Morgan fingerprint density at radius 1 is 1.75 bits per heavy atom. The van der Waals surface area contributed by atoms with Crippen molar-refractivity contribution < 1.29 is 4.79 Å². The SMILES string of the molecule is O=C(CCl)c1csc(C2CC2)n1. The Labute approximate surface area is 79.6 Å². The zero-order valence-corrected chi connectivity index (χ0v) is 7.99. The number of Topliss-reactive ketones (excluding diaryl/α,β-unsaturated/α-hetero) is 1. The number of carbonyl (C=O) groups is 1. The number of halogens is 1. The van der Waals surface area contributed by atoms with Gasteiger partial charge in [0.25, 0.3) is 0 Å². The Morgan fingerprint density at radius 2 is 2.50 bits per heavy atom. The van der Waals surface area contributed by atoms with Gasteiger partial charge in [0.15, 0.2) is 5.78 Å². The number of nitrogens with zero attached hydrogens (tertiary/aromatic N) is 1. The van der Waals surface area contributed by atoms with E-state index in [9.17, 15) is 4.79 Å². The van der Waals surface area contributed by atoms with Crippen molar-refractivity contribution in [2.45, 2.75) is 18.8 Å². The lowest BCUT2D eigenvalue weighted by Gasteiger charge is -1.87. The maximum atomic E-state index is 11.1. The first-order valence-electron chi connectivity index (χ1n) is 3.86. The number of hydrogen-bond donors (Lipinski definition) is 0. The van der Waals surface area contributed by atoms with Gasteiger partial charge in [-0.1, -0.05) is 0 Å². The van der Waals surface area contributed by atoms with Crippen molar-refractivity contribution >= 4 is 28.7 Å². The van der Waals surface area contributed by atoms with E-state index in [1.807, 2.05) is 0 Å². The Hall–Kier alpha value is -0.410. The molecule has 64 valence electrons. The van der Waals surface area contributed by atoms with Crippen LogP contribution in [0.15, 0.2) is 5.38 Å². The van der Waals surface area contributed by atoms with Gasteiger partial charge in [0.05, 0.1) is 10.9 Å². The highest BCUT2D eigenvalue weighted by molar-refractivity contribution is 7.10. The molecule has 0 aromatic carbocycles. The zero-order valence-electron chi connectivity index (χ0n) is 6.42. The van der Waals surface area contributed by atoms with Crippen LogP contribution in [-0.2, 0) is 0 Å². The highest BCUT2D eigenvalue weighted by Crippen LogP contribution is 2.41. The minimum absolute atomic E-state index is 0.0356. The van der Waals surface area contributed by atoms with E-state index in [1.165, 1.54) is 12.8 Å². The minimum Gasteiger partial charge on any atom is -0.291 e. The molecule has 4 heteroatoms. The van der Waals surface area contributed by atoms with Crippen LogP contribution in [0.2, 0.25) is 0 Å². The molecule has 1 aromatic heterocycles. The van der Waals surface area contributed by atoms with Gasteiger partial charge in [-0.3, -0.25) is 4.79 Å². The third-order valence-electron chi connectivity index (χ3n) is 1.86. The quantitative estimate of drug-likeness (QED) is 0.556. The van der Waals surface area contributed by atoms with Crippen LogP contribution in [0, 0.1) is 0 Å². The minimum atomic E-state index is -0.0696. The van der Waals surface area contributed by atoms with Crippen LogP contribution in [0.1, 0.15) is 34.3 Å². The van der Waals surface area contributed by atoms with Crippen molar-refractivity contribution in [1.29, 1.82) is 0 Å². The van der Waals surface area contributed by atoms with Gasteiger partial charge in [-0.05, 0) is 12.8 Å². The van der Waals surface area contributed by atoms with Crippen molar-refractivity contribution in [2.24, 2.45) is 0 Å². The van der Waals surface area contributed by atoms with Crippen LogP contribution >= 0.6 is 22.9 Å². The molecule has 2 nitrogen and oxygen atoms in total. The first kappa shape index (κ1) is 8.20. The molecule has 0 aliphatic heterocycles. The maximum absolute atomic E-state index is 11.1. The van der Waals surface area contributed by atoms with Crippen molar-refractivity contribution in [1.82, 2.24) is 4.98 Å². The number of rotatable bonds is 3. The first-order chi connectivity index (χ1) is 5.81. The molecule has 0 saturated heterocycles. The summed E-state index contributed by atoms with van der Waals surface area (Å²) < 4.78 is 0. The molecule has 0 atom stereocenters. The van der Waals surface area contributed by atoms with Crippen LogP contribution < -0.4 is 0 Å². The summed E-state index contributed by atoms with van der Waals surface area (Å²) >= 11 is 6.98. The molecule has 1 aliphatic rings. The van der Waals surface area contributed by atoms with Gasteiger partial charge in [-0.15, -0.1) is 22.9 Å². The van der Waals surface area contributed by atoms with Crippen LogP contribution in [0.3, 0.4) is 0 Å².